The van der Waals surface area contributed by atoms with E-state index < -0.39 is 0 Å². The second-order valence-electron chi connectivity index (χ2n) is 5.35. The van der Waals surface area contributed by atoms with Crippen LogP contribution in [0.15, 0.2) is 12.4 Å². The maximum Gasteiger partial charge on any atom is 0.0522 e. The smallest absolute Gasteiger partial charge is 0.0522 e. The first kappa shape index (κ1) is 12.6. The van der Waals surface area contributed by atoms with Crippen LogP contribution < -0.4 is 5.73 Å². The molecule has 3 nitrogen and oxygen atoms in total. The molecule has 0 radical (unpaired) electrons. The fourth-order valence-electron chi connectivity index (χ4n) is 2.65. The highest BCUT2D eigenvalue weighted by molar-refractivity contribution is 5.06. The molecule has 1 saturated carbocycles. The molecule has 1 aromatic rings. The van der Waals surface area contributed by atoms with Crippen molar-refractivity contribution in [2.75, 3.05) is 0 Å². The van der Waals surface area contributed by atoms with Crippen molar-refractivity contribution in [3.8, 4) is 0 Å². The van der Waals surface area contributed by atoms with Gasteiger partial charge in [0, 0.05) is 12.2 Å². The van der Waals surface area contributed by atoms with Crippen molar-refractivity contribution in [3.63, 3.8) is 0 Å². The van der Waals surface area contributed by atoms with E-state index in [4.69, 9.17) is 5.73 Å². The van der Waals surface area contributed by atoms with E-state index >= 15 is 0 Å². The molecular formula is C14H25N3. The monoisotopic (exact) mass is 235 g/mol. The molecule has 0 saturated heterocycles. The van der Waals surface area contributed by atoms with E-state index in [0.717, 1.165) is 12.8 Å². The van der Waals surface area contributed by atoms with Gasteiger partial charge in [-0.1, -0.05) is 32.6 Å². The van der Waals surface area contributed by atoms with Gasteiger partial charge in [0.25, 0.3) is 0 Å². The zero-order valence-electron chi connectivity index (χ0n) is 10.9. The first-order valence-corrected chi connectivity index (χ1v) is 7.08. The predicted molar refractivity (Wildman–Crippen MR) is 70.9 cm³/mol. The van der Waals surface area contributed by atoms with E-state index in [-0.39, 0.29) is 6.04 Å². The summed E-state index contributed by atoms with van der Waals surface area (Å²) in [5.74, 6) is 0. The number of nitrogens with zero attached hydrogens (tertiary/aromatic N) is 2. The second-order valence-corrected chi connectivity index (χ2v) is 5.35. The van der Waals surface area contributed by atoms with Crippen LogP contribution >= 0.6 is 0 Å². The van der Waals surface area contributed by atoms with Crippen molar-refractivity contribution in [3.05, 3.63) is 18.0 Å². The largest absolute Gasteiger partial charge is 0.327 e. The molecule has 1 unspecified atom stereocenters. The van der Waals surface area contributed by atoms with Gasteiger partial charge in [0.15, 0.2) is 0 Å². The average Bonchev–Trinajstić information content (AvgIpc) is 2.63. The van der Waals surface area contributed by atoms with Gasteiger partial charge in [-0.2, -0.15) is 5.10 Å². The Morgan fingerprint density at radius 3 is 2.71 bits per heavy atom. The Morgan fingerprint density at radius 2 is 2.06 bits per heavy atom. The quantitative estimate of drug-likeness (QED) is 0.815. The summed E-state index contributed by atoms with van der Waals surface area (Å²) in [5, 5.41) is 4.53. The lowest BCUT2D eigenvalue weighted by Crippen LogP contribution is -2.21. The molecular weight excluding hydrogens is 210 g/mol. The summed E-state index contributed by atoms with van der Waals surface area (Å²) in [7, 11) is 0. The van der Waals surface area contributed by atoms with Gasteiger partial charge in [-0.15, -0.1) is 0 Å². The lowest BCUT2D eigenvalue weighted by Gasteiger charge is -2.14. The van der Waals surface area contributed by atoms with Gasteiger partial charge in [-0.3, -0.25) is 4.68 Å². The molecule has 96 valence electrons. The van der Waals surface area contributed by atoms with Gasteiger partial charge in [0.2, 0.25) is 0 Å². The molecule has 3 heteroatoms. The minimum atomic E-state index is 0.279. The minimum absolute atomic E-state index is 0.279. The van der Waals surface area contributed by atoms with E-state index in [1.165, 1.54) is 44.1 Å². The SMILES string of the molecule is CCC(N)Cc1cnn(C2CCCCCC2)c1. The van der Waals surface area contributed by atoms with Crippen LogP contribution in [0.4, 0.5) is 0 Å². The third-order valence-electron chi connectivity index (χ3n) is 3.88. The summed E-state index contributed by atoms with van der Waals surface area (Å²) in [6.07, 6.45) is 14.3. The third kappa shape index (κ3) is 3.56. The summed E-state index contributed by atoms with van der Waals surface area (Å²) in [6.45, 7) is 2.14. The fraction of sp³-hybridized carbons (Fsp3) is 0.786. The minimum Gasteiger partial charge on any atom is -0.327 e. The molecule has 1 aliphatic carbocycles. The van der Waals surface area contributed by atoms with Gasteiger partial charge in [-0.05, 0) is 31.2 Å². The Kier molecular flexibility index (Phi) is 4.60. The standard InChI is InChI=1S/C14H25N3/c1-2-13(15)9-12-10-16-17(11-12)14-7-5-3-4-6-8-14/h10-11,13-14H,2-9,15H2,1H3. The van der Waals surface area contributed by atoms with Gasteiger partial charge < -0.3 is 5.73 Å². The second kappa shape index (κ2) is 6.20. The zero-order chi connectivity index (χ0) is 12.1. The van der Waals surface area contributed by atoms with Crippen molar-refractivity contribution >= 4 is 0 Å². The van der Waals surface area contributed by atoms with Gasteiger partial charge in [0.05, 0.1) is 12.2 Å². The summed E-state index contributed by atoms with van der Waals surface area (Å²) >= 11 is 0. The van der Waals surface area contributed by atoms with Gasteiger partial charge in [0.1, 0.15) is 0 Å². The normalized spacial score (nSPS) is 20.1. The highest BCUT2D eigenvalue weighted by Crippen LogP contribution is 2.26. The Bertz CT molecular complexity index is 324. The predicted octanol–water partition coefficient (Wildman–Crippen LogP) is 3.06. The van der Waals surface area contributed by atoms with E-state index in [9.17, 15) is 0 Å². The summed E-state index contributed by atoms with van der Waals surface area (Å²) < 4.78 is 2.18. The number of hydrogen-bond acceptors (Lipinski definition) is 2. The summed E-state index contributed by atoms with van der Waals surface area (Å²) in [4.78, 5) is 0. The summed E-state index contributed by atoms with van der Waals surface area (Å²) in [6, 6.07) is 0.908. The molecule has 0 spiro atoms. The molecule has 1 aliphatic rings. The number of nitrogens with two attached hydrogens (primary N) is 1. The molecule has 0 aromatic carbocycles. The molecule has 1 heterocycles. The number of rotatable bonds is 4. The maximum absolute atomic E-state index is 5.98. The average molecular weight is 235 g/mol. The molecule has 0 amide bonds. The highest BCUT2D eigenvalue weighted by Gasteiger charge is 2.15. The van der Waals surface area contributed by atoms with Crippen LogP contribution in [-0.2, 0) is 6.42 Å². The molecule has 1 aromatic heterocycles. The van der Waals surface area contributed by atoms with Crippen LogP contribution in [0.2, 0.25) is 0 Å². The van der Waals surface area contributed by atoms with E-state index in [1.54, 1.807) is 0 Å². The van der Waals surface area contributed by atoms with Crippen LogP contribution in [0.5, 0.6) is 0 Å². The number of hydrogen-bond donors (Lipinski definition) is 1. The lowest BCUT2D eigenvalue weighted by atomic mass is 10.1. The van der Waals surface area contributed by atoms with Crippen molar-refractivity contribution in [1.29, 1.82) is 0 Å². The zero-order valence-corrected chi connectivity index (χ0v) is 10.9. The Morgan fingerprint density at radius 1 is 1.35 bits per heavy atom. The van der Waals surface area contributed by atoms with Crippen LogP contribution in [0, 0.1) is 0 Å². The van der Waals surface area contributed by atoms with Gasteiger partial charge >= 0.3 is 0 Å². The topological polar surface area (TPSA) is 43.8 Å². The van der Waals surface area contributed by atoms with Crippen LogP contribution in [0.3, 0.4) is 0 Å². The van der Waals surface area contributed by atoms with Crippen molar-refractivity contribution in [2.45, 2.75) is 70.4 Å². The van der Waals surface area contributed by atoms with Crippen LogP contribution in [0.1, 0.15) is 63.5 Å². The molecule has 2 rings (SSSR count). The van der Waals surface area contributed by atoms with Gasteiger partial charge in [-0.25, -0.2) is 0 Å². The first-order valence-electron chi connectivity index (χ1n) is 7.08. The highest BCUT2D eigenvalue weighted by atomic mass is 15.3. The molecule has 1 fully saturated rings. The maximum atomic E-state index is 5.98. The van der Waals surface area contributed by atoms with Crippen molar-refractivity contribution in [2.24, 2.45) is 5.73 Å². The number of aromatic nitrogens is 2. The van der Waals surface area contributed by atoms with E-state index in [0.29, 0.717) is 6.04 Å². The van der Waals surface area contributed by atoms with Crippen LogP contribution in [0.25, 0.3) is 0 Å². The van der Waals surface area contributed by atoms with E-state index in [1.807, 2.05) is 6.20 Å². The Balaban J connectivity index is 1.96. The fourth-order valence-corrected chi connectivity index (χ4v) is 2.65. The molecule has 1 atom stereocenters. The van der Waals surface area contributed by atoms with Crippen molar-refractivity contribution in [1.82, 2.24) is 9.78 Å². The molecule has 0 bridgehead atoms. The molecule has 2 N–H and O–H groups in total. The molecule has 17 heavy (non-hydrogen) atoms. The van der Waals surface area contributed by atoms with Crippen molar-refractivity contribution < 1.29 is 0 Å². The van der Waals surface area contributed by atoms with Crippen LogP contribution in [-0.4, -0.2) is 15.8 Å². The molecule has 0 aliphatic heterocycles. The van der Waals surface area contributed by atoms with E-state index in [2.05, 4.69) is 22.9 Å². The lowest BCUT2D eigenvalue weighted by molar-refractivity contribution is 0.405. The Labute approximate surface area is 104 Å². The first-order chi connectivity index (χ1) is 8.29. The summed E-state index contributed by atoms with van der Waals surface area (Å²) in [5.41, 5.74) is 7.28. The Hall–Kier alpha value is -0.830. The third-order valence-corrected chi connectivity index (χ3v) is 3.88.